The summed E-state index contributed by atoms with van der Waals surface area (Å²) in [5, 5.41) is 2.83. The van der Waals surface area contributed by atoms with Crippen LogP contribution in [0.25, 0.3) is 0 Å². The molecule has 0 fully saturated rings. The van der Waals surface area contributed by atoms with E-state index in [1.54, 1.807) is 0 Å². The number of benzene rings is 1. The number of ether oxygens (including phenoxy) is 1. The van der Waals surface area contributed by atoms with Gasteiger partial charge in [-0.2, -0.15) is 0 Å². The molecule has 0 spiro atoms. The first kappa shape index (κ1) is 14.5. The number of carbonyl (C=O) groups is 2. The van der Waals surface area contributed by atoms with Crippen molar-refractivity contribution in [2.75, 3.05) is 13.7 Å². The topological polar surface area (TPSA) is 81.4 Å². The molecule has 0 aromatic heterocycles. The number of nitrogens with two attached hydrogens (primary N) is 1. The maximum absolute atomic E-state index is 11.8. The first-order chi connectivity index (χ1) is 9.61. The van der Waals surface area contributed by atoms with Crippen LogP contribution >= 0.6 is 0 Å². The smallest absolute Gasteiger partial charge is 0.305 e. The van der Waals surface area contributed by atoms with Crippen molar-refractivity contribution in [1.82, 2.24) is 5.32 Å². The number of fused-ring (bicyclic) bond motifs is 1. The van der Waals surface area contributed by atoms with E-state index in [1.165, 1.54) is 7.11 Å². The fraction of sp³-hybridized carbons (Fsp3) is 0.467. The van der Waals surface area contributed by atoms with Crippen molar-refractivity contribution >= 4 is 11.9 Å². The summed E-state index contributed by atoms with van der Waals surface area (Å²) < 4.78 is 4.59. The van der Waals surface area contributed by atoms with Gasteiger partial charge in [-0.1, -0.05) is 12.1 Å². The van der Waals surface area contributed by atoms with Gasteiger partial charge in [0.15, 0.2) is 0 Å². The zero-order valence-corrected chi connectivity index (χ0v) is 11.6. The Kier molecular flexibility index (Phi) is 4.74. The summed E-state index contributed by atoms with van der Waals surface area (Å²) >= 11 is 0. The average molecular weight is 276 g/mol. The first-order valence-electron chi connectivity index (χ1n) is 6.85. The van der Waals surface area contributed by atoms with Crippen LogP contribution in [-0.2, 0) is 16.0 Å². The zero-order chi connectivity index (χ0) is 14.5. The van der Waals surface area contributed by atoms with Crippen molar-refractivity contribution in [3.63, 3.8) is 0 Å². The predicted molar refractivity (Wildman–Crippen MR) is 75.3 cm³/mol. The molecular weight excluding hydrogens is 256 g/mol. The fourth-order valence-corrected chi connectivity index (χ4v) is 2.40. The van der Waals surface area contributed by atoms with Gasteiger partial charge >= 0.3 is 5.97 Å². The molecule has 1 aromatic carbocycles. The third-order valence-corrected chi connectivity index (χ3v) is 3.61. The van der Waals surface area contributed by atoms with E-state index in [-0.39, 0.29) is 17.9 Å². The van der Waals surface area contributed by atoms with Crippen LogP contribution in [0.15, 0.2) is 18.2 Å². The second kappa shape index (κ2) is 6.52. The molecule has 108 valence electrons. The van der Waals surface area contributed by atoms with Gasteiger partial charge in [0.25, 0.3) is 5.91 Å². The number of rotatable bonds is 5. The minimum atomic E-state index is -0.220. The summed E-state index contributed by atoms with van der Waals surface area (Å²) in [4.78, 5) is 22.8. The molecular formula is C15H20N2O3. The number of carbonyl (C=O) groups excluding carboxylic acids is 2. The summed E-state index contributed by atoms with van der Waals surface area (Å²) in [6, 6.07) is 5.65. The lowest BCUT2D eigenvalue weighted by Crippen LogP contribution is -2.32. The number of hydrogen-bond donors (Lipinski definition) is 2. The number of methoxy groups -OCH3 is 1. The van der Waals surface area contributed by atoms with Crippen LogP contribution in [-0.4, -0.2) is 25.5 Å². The highest BCUT2D eigenvalue weighted by molar-refractivity contribution is 5.96. The van der Waals surface area contributed by atoms with Crippen molar-refractivity contribution in [2.24, 2.45) is 5.73 Å². The third-order valence-electron chi connectivity index (χ3n) is 3.61. The summed E-state index contributed by atoms with van der Waals surface area (Å²) in [6.45, 7) is 0.691. The molecule has 0 aliphatic carbocycles. The number of nitrogens with one attached hydrogen (secondary N) is 1. The number of amides is 1. The summed E-state index contributed by atoms with van der Waals surface area (Å²) in [7, 11) is 1.38. The molecule has 1 heterocycles. The van der Waals surface area contributed by atoms with Gasteiger partial charge in [-0.05, 0) is 36.5 Å². The van der Waals surface area contributed by atoms with Crippen molar-refractivity contribution in [1.29, 1.82) is 0 Å². The van der Waals surface area contributed by atoms with Crippen LogP contribution in [0, 0.1) is 0 Å². The molecule has 1 atom stereocenters. The Hall–Kier alpha value is -1.88. The molecule has 1 aromatic rings. The average Bonchev–Trinajstić information content (AvgIpc) is 2.47. The third kappa shape index (κ3) is 3.36. The lowest BCUT2D eigenvalue weighted by molar-refractivity contribution is -0.140. The molecule has 20 heavy (non-hydrogen) atoms. The highest BCUT2D eigenvalue weighted by Gasteiger charge is 2.18. The standard InChI is InChI=1S/C15H20N2O3/c1-20-14(18)4-2-3-13(16)11-6-5-10-7-8-17-15(19)12(10)9-11/h5-6,9,13H,2-4,7-8,16H2,1H3,(H,17,19). The summed E-state index contributed by atoms with van der Waals surface area (Å²) in [5.74, 6) is -0.253. The normalized spacial score (nSPS) is 15.2. The molecule has 2 rings (SSSR count). The number of hydrogen-bond acceptors (Lipinski definition) is 4. The molecule has 1 amide bonds. The van der Waals surface area contributed by atoms with Gasteiger partial charge in [-0.25, -0.2) is 0 Å². The first-order valence-corrected chi connectivity index (χ1v) is 6.85. The largest absolute Gasteiger partial charge is 0.469 e. The van der Waals surface area contributed by atoms with Crippen LogP contribution < -0.4 is 11.1 Å². The van der Waals surface area contributed by atoms with E-state index in [0.717, 1.165) is 23.1 Å². The van der Waals surface area contributed by atoms with E-state index in [9.17, 15) is 9.59 Å². The van der Waals surface area contributed by atoms with Gasteiger partial charge in [0.2, 0.25) is 0 Å². The molecule has 5 heteroatoms. The van der Waals surface area contributed by atoms with E-state index in [4.69, 9.17) is 5.73 Å². The maximum Gasteiger partial charge on any atom is 0.305 e. The minimum Gasteiger partial charge on any atom is -0.469 e. The summed E-state index contributed by atoms with van der Waals surface area (Å²) in [6.07, 6.45) is 2.60. The molecule has 1 aliphatic rings. The Labute approximate surface area is 118 Å². The molecule has 0 radical (unpaired) electrons. The van der Waals surface area contributed by atoms with Crippen molar-refractivity contribution < 1.29 is 14.3 Å². The van der Waals surface area contributed by atoms with Gasteiger partial charge in [-0.15, -0.1) is 0 Å². The lowest BCUT2D eigenvalue weighted by Gasteiger charge is -2.19. The van der Waals surface area contributed by atoms with E-state index in [2.05, 4.69) is 10.1 Å². The Morgan fingerprint density at radius 1 is 1.50 bits per heavy atom. The van der Waals surface area contributed by atoms with Crippen molar-refractivity contribution in [3.05, 3.63) is 34.9 Å². The second-order valence-electron chi connectivity index (χ2n) is 5.00. The van der Waals surface area contributed by atoms with Crippen molar-refractivity contribution in [2.45, 2.75) is 31.7 Å². The van der Waals surface area contributed by atoms with Crippen LogP contribution in [0.5, 0.6) is 0 Å². The highest BCUT2D eigenvalue weighted by atomic mass is 16.5. The Morgan fingerprint density at radius 2 is 2.30 bits per heavy atom. The quantitative estimate of drug-likeness (QED) is 0.795. The van der Waals surface area contributed by atoms with E-state index in [0.29, 0.717) is 25.8 Å². The van der Waals surface area contributed by atoms with Crippen molar-refractivity contribution in [3.8, 4) is 0 Å². The monoisotopic (exact) mass is 276 g/mol. The van der Waals surface area contributed by atoms with E-state index in [1.807, 2.05) is 18.2 Å². The fourth-order valence-electron chi connectivity index (χ4n) is 2.40. The number of esters is 1. The predicted octanol–water partition coefficient (Wildman–Crippen LogP) is 1.32. The molecule has 0 saturated carbocycles. The van der Waals surface area contributed by atoms with Gasteiger partial charge in [0.1, 0.15) is 0 Å². The Bertz CT molecular complexity index is 514. The molecule has 3 N–H and O–H groups in total. The van der Waals surface area contributed by atoms with Crippen LogP contribution in [0.3, 0.4) is 0 Å². The summed E-state index contributed by atoms with van der Waals surface area (Å²) in [5.41, 5.74) is 8.84. The van der Waals surface area contributed by atoms with Gasteiger partial charge < -0.3 is 15.8 Å². The van der Waals surface area contributed by atoms with E-state index >= 15 is 0 Å². The van der Waals surface area contributed by atoms with Gasteiger partial charge in [-0.3, -0.25) is 9.59 Å². The molecule has 1 unspecified atom stereocenters. The van der Waals surface area contributed by atoms with Crippen LogP contribution in [0.2, 0.25) is 0 Å². The minimum absolute atomic E-state index is 0.0325. The van der Waals surface area contributed by atoms with Crippen LogP contribution in [0.1, 0.15) is 46.8 Å². The maximum atomic E-state index is 11.8. The van der Waals surface area contributed by atoms with Crippen LogP contribution in [0.4, 0.5) is 0 Å². The van der Waals surface area contributed by atoms with E-state index < -0.39 is 0 Å². The SMILES string of the molecule is COC(=O)CCCC(N)c1ccc2c(c1)C(=O)NCC2. The lowest BCUT2D eigenvalue weighted by atomic mass is 9.94. The molecule has 5 nitrogen and oxygen atoms in total. The molecule has 1 aliphatic heterocycles. The Balaban J connectivity index is 2.00. The molecule has 0 saturated heterocycles. The zero-order valence-electron chi connectivity index (χ0n) is 11.6. The Morgan fingerprint density at radius 3 is 3.05 bits per heavy atom. The second-order valence-corrected chi connectivity index (χ2v) is 5.00. The highest BCUT2D eigenvalue weighted by Crippen LogP contribution is 2.22. The van der Waals surface area contributed by atoms with Gasteiger partial charge in [0.05, 0.1) is 7.11 Å². The van der Waals surface area contributed by atoms with Gasteiger partial charge in [0, 0.05) is 24.6 Å². The molecule has 0 bridgehead atoms.